The molecule has 3 N–H and O–H groups in total. The Hall–Kier alpha value is -4.76. The van der Waals surface area contributed by atoms with Crippen molar-refractivity contribution in [2.75, 3.05) is 12.8 Å². The number of methoxy groups -OCH3 is 1. The molecule has 178 valence electrons. The minimum absolute atomic E-state index is 0.000650. The number of aromatic nitrogens is 4. The summed E-state index contributed by atoms with van der Waals surface area (Å²) >= 11 is 0. The van der Waals surface area contributed by atoms with Gasteiger partial charge in [0.2, 0.25) is 11.7 Å². The number of nitrogens with one attached hydrogen (secondary N) is 1. The minimum atomic E-state index is -4.75. The molecule has 0 spiro atoms. The number of nitro groups is 1. The molecule has 16 heteroatoms. The Morgan fingerprint density at radius 1 is 1.26 bits per heavy atom. The van der Waals surface area contributed by atoms with Crippen molar-refractivity contribution in [1.29, 1.82) is 0 Å². The van der Waals surface area contributed by atoms with E-state index in [0.29, 0.717) is 17.7 Å². The van der Waals surface area contributed by atoms with E-state index in [1.165, 1.54) is 31.5 Å². The van der Waals surface area contributed by atoms with Gasteiger partial charge in [0, 0.05) is 6.07 Å². The lowest BCUT2D eigenvalue weighted by Gasteiger charge is -2.12. The molecule has 0 aliphatic heterocycles. The number of benzene rings is 2. The number of nitrogens with zero attached hydrogens (tertiary/aromatic N) is 6. The zero-order valence-electron chi connectivity index (χ0n) is 17.2. The van der Waals surface area contributed by atoms with E-state index >= 15 is 0 Å². The third-order valence-electron chi connectivity index (χ3n) is 4.15. The number of nitrogen functional groups attached to an aromatic ring is 1. The molecule has 1 aromatic heterocycles. The van der Waals surface area contributed by atoms with Gasteiger partial charge in [-0.1, -0.05) is 5.10 Å². The molecule has 3 rings (SSSR count). The Morgan fingerprint density at radius 2 is 2.00 bits per heavy atom. The first-order chi connectivity index (χ1) is 16.1. The Bertz CT molecular complexity index is 1240. The number of nitrogens with two attached hydrogens (primary N) is 1. The number of tetrazole rings is 1. The second kappa shape index (κ2) is 9.80. The van der Waals surface area contributed by atoms with E-state index in [1.54, 1.807) is 0 Å². The standard InChI is InChI=1S/C18H15F3N8O5/c1-33-15-6-10(8-23-24-16(30)9-28-17(22)25-26-27-28)2-4-14(15)34-13-5-3-11(18(19,20)21)7-12(13)29(31)32/h2-8H,9H2,1H3,(H,24,30)(H2,22,25,27)/b23-8-. The van der Waals surface area contributed by atoms with Gasteiger partial charge in [-0.3, -0.25) is 14.9 Å². The fraction of sp³-hybridized carbons (Fsp3) is 0.167. The monoisotopic (exact) mass is 480 g/mol. The third-order valence-corrected chi connectivity index (χ3v) is 4.15. The normalized spacial score (nSPS) is 11.4. The van der Waals surface area contributed by atoms with Crippen molar-refractivity contribution in [2.24, 2.45) is 5.10 Å². The van der Waals surface area contributed by atoms with Crippen LogP contribution in [0.5, 0.6) is 17.2 Å². The zero-order valence-corrected chi connectivity index (χ0v) is 17.2. The highest BCUT2D eigenvalue weighted by atomic mass is 19.4. The van der Waals surface area contributed by atoms with E-state index in [9.17, 15) is 28.1 Å². The molecule has 1 heterocycles. The predicted molar refractivity (Wildman–Crippen MR) is 109 cm³/mol. The highest BCUT2D eigenvalue weighted by Gasteiger charge is 2.33. The van der Waals surface area contributed by atoms with Crippen LogP contribution in [0.4, 0.5) is 24.8 Å². The maximum Gasteiger partial charge on any atom is 0.416 e. The van der Waals surface area contributed by atoms with Gasteiger partial charge in [-0.2, -0.15) is 18.3 Å². The summed E-state index contributed by atoms with van der Waals surface area (Å²) in [5.41, 5.74) is 6.09. The number of amides is 1. The largest absolute Gasteiger partial charge is 0.493 e. The second-order valence-corrected chi connectivity index (χ2v) is 6.44. The number of carbonyl (C=O) groups is 1. The number of hydrogen-bond donors (Lipinski definition) is 2. The molecule has 34 heavy (non-hydrogen) atoms. The van der Waals surface area contributed by atoms with Crippen LogP contribution in [0, 0.1) is 10.1 Å². The van der Waals surface area contributed by atoms with Crippen LogP contribution in [0.3, 0.4) is 0 Å². The first kappa shape index (κ1) is 23.9. The van der Waals surface area contributed by atoms with Crippen LogP contribution >= 0.6 is 0 Å². The maximum atomic E-state index is 12.9. The summed E-state index contributed by atoms with van der Waals surface area (Å²) in [4.78, 5) is 22.1. The molecule has 0 radical (unpaired) electrons. The van der Waals surface area contributed by atoms with Crippen LogP contribution in [-0.2, 0) is 17.5 Å². The fourth-order valence-corrected chi connectivity index (χ4v) is 2.56. The molecule has 0 aliphatic rings. The molecule has 3 aromatic rings. The van der Waals surface area contributed by atoms with Gasteiger partial charge in [-0.05, 0) is 46.3 Å². The Kier molecular flexibility index (Phi) is 6.89. The highest BCUT2D eigenvalue weighted by molar-refractivity contribution is 5.83. The number of hydrogen-bond acceptors (Lipinski definition) is 10. The second-order valence-electron chi connectivity index (χ2n) is 6.44. The van der Waals surface area contributed by atoms with Crippen molar-refractivity contribution in [3.63, 3.8) is 0 Å². The molecule has 13 nitrogen and oxygen atoms in total. The predicted octanol–water partition coefficient (Wildman–Crippen LogP) is 2.13. The number of carbonyl (C=O) groups excluding carboxylic acids is 1. The van der Waals surface area contributed by atoms with Gasteiger partial charge in [0.05, 0.1) is 23.8 Å². The lowest BCUT2D eigenvalue weighted by molar-refractivity contribution is -0.385. The number of anilines is 1. The van der Waals surface area contributed by atoms with Crippen LogP contribution in [0.2, 0.25) is 0 Å². The van der Waals surface area contributed by atoms with Gasteiger partial charge < -0.3 is 15.2 Å². The number of hydrazone groups is 1. The molecule has 0 fully saturated rings. The summed E-state index contributed by atoms with van der Waals surface area (Å²) in [6.45, 7) is -0.266. The van der Waals surface area contributed by atoms with E-state index in [4.69, 9.17) is 15.2 Å². The lowest BCUT2D eigenvalue weighted by Crippen LogP contribution is -2.24. The molecule has 0 unspecified atom stereocenters. The van der Waals surface area contributed by atoms with Crippen molar-refractivity contribution in [3.8, 4) is 17.2 Å². The summed E-state index contributed by atoms with van der Waals surface area (Å²) in [5.74, 6) is -0.914. The molecule has 1 amide bonds. The molecule has 0 bridgehead atoms. The van der Waals surface area contributed by atoms with Crippen molar-refractivity contribution >= 4 is 23.8 Å². The molecule has 0 saturated carbocycles. The smallest absolute Gasteiger partial charge is 0.416 e. The van der Waals surface area contributed by atoms with Crippen LogP contribution in [0.15, 0.2) is 41.5 Å². The summed E-state index contributed by atoms with van der Waals surface area (Å²) < 4.78 is 50.3. The molecule has 0 saturated heterocycles. The van der Waals surface area contributed by atoms with Gasteiger partial charge in [-0.15, -0.1) is 0 Å². The summed E-state index contributed by atoms with van der Waals surface area (Å²) in [6, 6.07) is 6.17. The topological polar surface area (TPSA) is 173 Å². The van der Waals surface area contributed by atoms with E-state index < -0.39 is 34.0 Å². The number of nitro benzene ring substituents is 1. The third kappa shape index (κ3) is 5.72. The number of rotatable bonds is 8. The van der Waals surface area contributed by atoms with Crippen molar-refractivity contribution in [2.45, 2.75) is 12.7 Å². The van der Waals surface area contributed by atoms with Crippen molar-refractivity contribution < 1.29 is 32.4 Å². The Balaban J connectivity index is 1.74. The number of ether oxygens (including phenoxy) is 2. The summed E-state index contributed by atoms with van der Waals surface area (Å²) in [6.07, 6.45) is -3.48. The van der Waals surface area contributed by atoms with Crippen LogP contribution in [0.1, 0.15) is 11.1 Å². The fourth-order valence-electron chi connectivity index (χ4n) is 2.56. The maximum absolute atomic E-state index is 12.9. The van der Waals surface area contributed by atoms with Gasteiger partial charge >= 0.3 is 11.9 Å². The van der Waals surface area contributed by atoms with Crippen molar-refractivity contribution in [1.82, 2.24) is 25.6 Å². The average molecular weight is 480 g/mol. The van der Waals surface area contributed by atoms with E-state index in [0.717, 1.165) is 10.7 Å². The van der Waals surface area contributed by atoms with Crippen LogP contribution in [-0.4, -0.2) is 44.4 Å². The zero-order chi connectivity index (χ0) is 24.9. The van der Waals surface area contributed by atoms with Crippen LogP contribution < -0.4 is 20.6 Å². The lowest BCUT2D eigenvalue weighted by atomic mass is 10.1. The van der Waals surface area contributed by atoms with Gasteiger partial charge in [0.25, 0.3) is 5.91 Å². The SMILES string of the molecule is COc1cc(/C=N\NC(=O)Cn2nnnc2N)ccc1Oc1ccc(C(F)(F)F)cc1[N+](=O)[O-]. The van der Waals surface area contributed by atoms with Gasteiger partial charge in [0.15, 0.2) is 11.5 Å². The quantitative estimate of drug-likeness (QED) is 0.278. The minimum Gasteiger partial charge on any atom is -0.493 e. The van der Waals surface area contributed by atoms with E-state index in [2.05, 4.69) is 26.1 Å². The van der Waals surface area contributed by atoms with Crippen LogP contribution in [0.25, 0.3) is 0 Å². The first-order valence-corrected chi connectivity index (χ1v) is 9.13. The molecule has 0 atom stereocenters. The molecule has 2 aromatic carbocycles. The summed E-state index contributed by atoms with van der Waals surface area (Å²) in [5, 5.41) is 25.3. The number of alkyl halides is 3. The van der Waals surface area contributed by atoms with E-state index in [1.807, 2.05) is 0 Å². The van der Waals surface area contributed by atoms with Crippen molar-refractivity contribution in [3.05, 3.63) is 57.6 Å². The number of halogens is 3. The molecular weight excluding hydrogens is 465 g/mol. The summed E-state index contributed by atoms with van der Waals surface area (Å²) in [7, 11) is 1.29. The average Bonchev–Trinajstić information content (AvgIpc) is 3.18. The van der Waals surface area contributed by atoms with E-state index in [-0.39, 0.29) is 24.0 Å². The Morgan fingerprint density at radius 3 is 2.62 bits per heavy atom. The van der Waals surface area contributed by atoms with Gasteiger partial charge in [-0.25, -0.2) is 10.1 Å². The van der Waals surface area contributed by atoms with Gasteiger partial charge in [0.1, 0.15) is 6.54 Å². The molecular formula is C18H15F3N8O5. The highest BCUT2D eigenvalue weighted by Crippen LogP contribution is 2.40. The first-order valence-electron chi connectivity index (χ1n) is 9.13. The molecule has 0 aliphatic carbocycles. The Labute approximate surface area is 188 Å².